The average molecular weight is 338 g/mol. The van der Waals surface area contributed by atoms with Crippen molar-refractivity contribution < 1.29 is 17.8 Å². The van der Waals surface area contributed by atoms with Crippen molar-refractivity contribution in [3.8, 4) is 0 Å². The Kier molecular flexibility index (Phi) is 5.17. The van der Waals surface area contributed by atoms with E-state index in [1.165, 1.54) is 24.5 Å². The molecule has 1 aromatic carbocycles. The topological polar surface area (TPSA) is 102 Å². The number of nitrogens with zero attached hydrogens (tertiary/aromatic N) is 1. The van der Waals surface area contributed by atoms with Gasteiger partial charge in [0, 0.05) is 11.3 Å². The summed E-state index contributed by atoms with van der Waals surface area (Å²) in [6, 6.07) is 7.15. The van der Waals surface area contributed by atoms with Gasteiger partial charge in [-0.25, -0.2) is 8.42 Å². The van der Waals surface area contributed by atoms with E-state index in [0.29, 0.717) is 0 Å². The van der Waals surface area contributed by atoms with Crippen LogP contribution in [0.15, 0.2) is 52.0 Å². The molecule has 2 aromatic rings. The van der Waals surface area contributed by atoms with Gasteiger partial charge in [-0.3, -0.25) is 10.1 Å². The molecule has 0 aliphatic carbocycles. The molecular formula is C15H18N2O5S. The Bertz CT molecular complexity index is 754. The molecular weight excluding hydrogens is 320 g/mol. The Morgan fingerprint density at radius 3 is 2.39 bits per heavy atom. The highest BCUT2D eigenvalue weighted by molar-refractivity contribution is 7.89. The van der Waals surface area contributed by atoms with Crippen LogP contribution in [-0.4, -0.2) is 19.4 Å². The summed E-state index contributed by atoms with van der Waals surface area (Å²) < 4.78 is 32.6. The Morgan fingerprint density at radius 2 is 1.91 bits per heavy atom. The van der Waals surface area contributed by atoms with Crippen LogP contribution in [0.25, 0.3) is 0 Å². The molecule has 0 amide bonds. The zero-order valence-corrected chi connectivity index (χ0v) is 13.6. The predicted octanol–water partition coefficient (Wildman–Crippen LogP) is 2.66. The largest absolute Gasteiger partial charge is 0.467 e. The van der Waals surface area contributed by atoms with Crippen LogP contribution in [0.2, 0.25) is 0 Å². The number of nitro groups is 1. The van der Waals surface area contributed by atoms with Gasteiger partial charge in [0.15, 0.2) is 0 Å². The van der Waals surface area contributed by atoms with Crippen molar-refractivity contribution in [3.05, 3.63) is 64.1 Å². The Morgan fingerprint density at radius 1 is 1.26 bits per heavy atom. The summed E-state index contributed by atoms with van der Waals surface area (Å²) in [5.41, 5.74) is 0.920. The first-order valence-corrected chi connectivity index (χ1v) is 8.59. The van der Waals surface area contributed by atoms with Gasteiger partial charge in [0.25, 0.3) is 0 Å². The number of sulfonamides is 1. The molecule has 0 saturated heterocycles. The molecule has 2 unspecified atom stereocenters. The third-order valence-corrected chi connectivity index (χ3v) is 4.99. The number of hydrogen-bond acceptors (Lipinski definition) is 5. The lowest BCUT2D eigenvalue weighted by molar-refractivity contribution is -0.528. The van der Waals surface area contributed by atoms with Crippen molar-refractivity contribution in [1.82, 2.24) is 4.72 Å². The molecule has 0 radical (unpaired) electrons. The molecule has 23 heavy (non-hydrogen) atoms. The van der Waals surface area contributed by atoms with Gasteiger partial charge in [-0.1, -0.05) is 24.6 Å². The van der Waals surface area contributed by atoms with E-state index in [1.54, 1.807) is 25.1 Å². The van der Waals surface area contributed by atoms with Crippen LogP contribution in [0.4, 0.5) is 0 Å². The second kappa shape index (κ2) is 6.93. The quantitative estimate of drug-likeness (QED) is 0.617. The molecule has 0 fully saturated rings. The molecule has 0 aliphatic rings. The third kappa shape index (κ3) is 3.96. The first kappa shape index (κ1) is 17.2. The first-order chi connectivity index (χ1) is 10.8. The van der Waals surface area contributed by atoms with Crippen molar-refractivity contribution in [2.75, 3.05) is 0 Å². The van der Waals surface area contributed by atoms with E-state index < -0.39 is 27.0 Å². The van der Waals surface area contributed by atoms with Gasteiger partial charge in [0.1, 0.15) is 11.8 Å². The van der Waals surface area contributed by atoms with Crippen LogP contribution in [-0.2, 0) is 10.0 Å². The summed E-state index contributed by atoms with van der Waals surface area (Å²) in [6.45, 7) is 3.47. The smallest absolute Gasteiger partial charge is 0.241 e. The minimum Gasteiger partial charge on any atom is -0.467 e. The lowest BCUT2D eigenvalue weighted by atomic mass is 10.1. The normalized spacial score (nSPS) is 14.3. The van der Waals surface area contributed by atoms with Crippen molar-refractivity contribution in [2.24, 2.45) is 0 Å². The molecule has 0 spiro atoms. The summed E-state index contributed by atoms with van der Waals surface area (Å²) in [5.74, 6) is 0.212. The third-order valence-electron chi connectivity index (χ3n) is 3.54. The summed E-state index contributed by atoms with van der Waals surface area (Å²) in [6.07, 6.45) is 1.52. The maximum atomic E-state index is 12.5. The number of benzene rings is 1. The molecule has 7 nitrogen and oxygen atoms in total. The van der Waals surface area contributed by atoms with Gasteiger partial charge in [0.2, 0.25) is 16.1 Å². The van der Waals surface area contributed by atoms with E-state index in [2.05, 4.69) is 4.72 Å². The maximum absolute atomic E-state index is 12.5. The van der Waals surface area contributed by atoms with Crippen molar-refractivity contribution in [1.29, 1.82) is 0 Å². The number of furan rings is 1. The van der Waals surface area contributed by atoms with Crippen LogP contribution in [0.3, 0.4) is 0 Å². The van der Waals surface area contributed by atoms with Gasteiger partial charge < -0.3 is 4.42 Å². The summed E-state index contributed by atoms with van der Waals surface area (Å²) >= 11 is 0. The number of hydrogen-bond donors (Lipinski definition) is 1. The minimum absolute atomic E-state index is 0.0536. The zero-order chi connectivity index (χ0) is 17.0. The SMILES string of the molecule is CCC(C(NS(=O)(=O)c1ccc(C)cc1)c1ccco1)[N+](=O)[O-]. The lowest BCUT2D eigenvalue weighted by Gasteiger charge is -2.19. The van der Waals surface area contributed by atoms with Crippen LogP contribution >= 0.6 is 0 Å². The Balaban J connectivity index is 2.37. The highest BCUT2D eigenvalue weighted by Crippen LogP contribution is 2.24. The van der Waals surface area contributed by atoms with E-state index in [4.69, 9.17) is 4.42 Å². The zero-order valence-electron chi connectivity index (χ0n) is 12.8. The predicted molar refractivity (Wildman–Crippen MR) is 84.0 cm³/mol. The fourth-order valence-electron chi connectivity index (χ4n) is 2.25. The van der Waals surface area contributed by atoms with Gasteiger partial charge in [-0.15, -0.1) is 0 Å². The summed E-state index contributed by atoms with van der Waals surface area (Å²) in [4.78, 5) is 10.8. The second-order valence-electron chi connectivity index (χ2n) is 5.19. The van der Waals surface area contributed by atoms with Crippen molar-refractivity contribution in [3.63, 3.8) is 0 Å². The van der Waals surface area contributed by atoms with Crippen LogP contribution in [0.5, 0.6) is 0 Å². The molecule has 8 heteroatoms. The van der Waals surface area contributed by atoms with Gasteiger partial charge in [0.05, 0.1) is 11.2 Å². The van der Waals surface area contributed by atoms with E-state index >= 15 is 0 Å². The molecule has 1 N–H and O–H groups in total. The first-order valence-electron chi connectivity index (χ1n) is 7.11. The summed E-state index contributed by atoms with van der Waals surface area (Å²) in [5, 5.41) is 11.3. The number of rotatable bonds is 7. The minimum atomic E-state index is -3.91. The van der Waals surface area contributed by atoms with E-state index in [1.807, 2.05) is 6.92 Å². The maximum Gasteiger partial charge on any atom is 0.241 e. The fourth-order valence-corrected chi connectivity index (χ4v) is 3.49. The monoisotopic (exact) mass is 338 g/mol. The Hall–Kier alpha value is -2.19. The van der Waals surface area contributed by atoms with Crippen molar-refractivity contribution in [2.45, 2.75) is 37.2 Å². The van der Waals surface area contributed by atoms with Gasteiger partial charge in [-0.2, -0.15) is 4.72 Å². The number of nitrogens with one attached hydrogen (secondary N) is 1. The molecule has 2 rings (SSSR count). The summed E-state index contributed by atoms with van der Waals surface area (Å²) in [7, 11) is -3.91. The molecule has 1 heterocycles. The molecule has 0 aliphatic heterocycles. The van der Waals surface area contributed by atoms with Gasteiger partial charge in [-0.05, 0) is 31.2 Å². The Labute approximate surface area is 134 Å². The molecule has 1 aromatic heterocycles. The average Bonchev–Trinajstić information content (AvgIpc) is 3.01. The highest BCUT2D eigenvalue weighted by Gasteiger charge is 2.36. The number of aryl methyl sites for hydroxylation is 1. The molecule has 0 bridgehead atoms. The van der Waals surface area contributed by atoms with E-state index in [-0.39, 0.29) is 17.1 Å². The highest BCUT2D eigenvalue weighted by atomic mass is 32.2. The van der Waals surface area contributed by atoms with Crippen LogP contribution in [0, 0.1) is 17.0 Å². The van der Waals surface area contributed by atoms with Gasteiger partial charge >= 0.3 is 0 Å². The standard InChI is InChI=1S/C15H18N2O5S/c1-3-13(17(18)19)15(14-5-4-10-22-14)16-23(20,21)12-8-6-11(2)7-9-12/h4-10,13,15-16H,3H2,1-2H3. The fraction of sp³-hybridized carbons (Fsp3) is 0.333. The van der Waals surface area contributed by atoms with E-state index in [9.17, 15) is 18.5 Å². The molecule has 124 valence electrons. The molecule has 2 atom stereocenters. The van der Waals surface area contributed by atoms with E-state index in [0.717, 1.165) is 5.56 Å². The lowest BCUT2D eigenvalue weighted by Crippen LogP contribution is -2.39. The second-order valence-corrected chi connectivity index (χ2v) is 6.90. The van der Waals surface area contributed by atoms with Crippen LogP contribution in [0.1, 0.15) is 30.7 Å². The van der Waals surface area contributed by atoms with Crippen LogP contribution < -0.4 is 4.72 Å². The van der Waals surface area contributed by atoms with Crippen molar-refractivity contribution >= 4 is 10.0 Å². The molecule has 0 saturated carbocycles.